The second-order valence-corrected chi connectivity index (χ2v) is 8.51. The highest BCUT2D eigenvalue weighted by molar-refractivity contribution is 5.72. The molecule has 8 heteroatoms. The quantitative estimate of drug-likeness (QED) is 0.563. The number of nitro groups is 1. The number of piperidine rings is 1. The number of rotatable bonds is 4. The van der Waals surface area contributed by atoms with Crippen LogP contribution in [0, 0.1) is 29.9 Å². The third-order valence-corrected chi connectivity index (χ3v) is 6.42. The van der Waals surface area contributed by atoms with Crippen LogP contribution in [0.25, 0.3) is 0 Å². The summed E-state index contributed by atoms with van der Waals surface area (Å²) >= 11 is 0. The molecule has 1 unspecified atom stereocenters. The van der Waals surface area contributed by atoms with E-state index < -0.39 is 0 Å². The summed E-state index contributed by atoms with van der Waals surface area (Å²) < 4.78 is 0. The molecule has 2 aliphatic rings. The van der Waals surface area contributed by atoms with Crippen molar-refractivity contribution in [3.63, 3.8) is 0 Å². The van der Waals surface area contributed by atoms with Crippen LogP contribution in [0.5, 0.6) is 0 Å². The van der Waals surface area contributed by atoms with Gasteiger partial charge in [0.05, 0.1) is 4.92 Å². The highest BCUT2D eigenvalue weighted by Crippen LogP contribution is 2.36. The van der Waals surface area contributed by atoms with Gasteiger partial charge >= 0.3 is 5.69 Å². The van der Waals surface area contributed by atoms with Gasteiger partial charge in [-0.1, -0.05) is 19.1 Å². The monoisotopic (exact) mass is 410 g/mol. The summed E-state index contributed by atoms with van der Waals surface area (Å²) in [6, 6.07) is 6.37. The van der Waals surface area contributed by atoms with Crippen LogP contribution in [-0.2, 0) is 0 Å². The van der Waals surface area contributed by atoms with Gasteiger partial charge in [-0.05, 0) is 49.8 Å². The Balaban J connectivity index is 1.57. The minimum atomic E-state index is -0.305. The molecule has 4 rings (SSSR count). The van der Waals surface area contributed by atoms with Crippen molar-refractivity contribution in [3.05, 3.63) is 45.8 Å². The summed E-state index contributed by atoms with van der Waals surface area (Å²) in [7, 11) is 0. The van der Waals surface area contributed by atoms with E-state index in [1.165, 1.54) is 23.1 Å². The number of piperazine rings is 1. The maximum atomic E-state index is 12.0. The molecule has 2 aromatic rings. The molecule has 0 saturated carbocycles. The van der Waals surface area contributed by atoms with Gasteiger partial charge in [0.15, 0.2) is 0 Å². The molecule has 160 valence electrons. The third kappa shape index (κ3) is 3.91. The van der Waals surface area contributed by atoms with Crippen molar-refractivity contribution in [2.24, 2.45) is 5.92 Å². The van der Waals surface area contributed by atoms with E-state index in [4.69, 9.17) is 0 Å². The maximum absolute atomic E-state index is 12.0. The number of aryl methyl sites for hydroxylation is 1. The molecule has 0 radical (unpaired) electrons. The van der Waals surface area contributed by atoms with Crippen molar-refractivity contribution in [1.29, 1.82) is 0 Å². The number of nitrogens with zero attached hydrogens (tertiary/aromatic N) is 6. The van der Waals surface area contributed by atoms with Crippen molar-refractivity contribution in [1.82, 2.24) is 9.97 Å². The number of anilines is 3. The molecule has 0 bridgehead atoms. The maximum Gasteiger partial charge on any atom is 0.353 e. The largest absolute Gasteiger partial charge is 0.368 e. The Hall–Kier alpha value is -2.90. The van der Waals surface area contributed by atoms with Crippen molar-refractivity contribution in [3.8, 4) is 0 Å². The average Bonchev–Trinajstić information content (AvgIpc) is 2.75. The van der Waals surface area contributed by atoms with E-state index in [1.54, 1.807) is 0 Å². The molecular formula is C22H30N6O2. The molecule has 3 heterocycles. The van der Waals surface area contributed by atoms with Gasteiger partial charge in [0.2, 0.25) is 11.6 Å². The first kappa shape index (κ1) is 20.4. The zero-order chi connectivity index (χ0) is 21.3. The molecule has 1 aromatic heterocycles. The molecule has 0 N–H and O–H groups in total. The highest BCUT2D eigenvalue weighted by Gasteiger charge is 2.33. The number of aromatic nitrogens is 2. The van der Waals surface area contributed by atoms with E-state index in [0.717, 1.165) is 39.0 Å². The fourth-order valence-corrected chi connectivity index (χ4v) is 4.61. The second kappa shape index (κ2) is 8.45. The van der Waals surface area contributed by atoms with Gasteiger partial charge in [-0.3, -0.25) is 10.1 Å². The van der Waals surface area contributed by atoms with Crippen molar-refractivity contribution >= 4 is 23.0 Å². The lowest BCUT2D eigenvalue weighted by molar-refractivity contribution is -0.383. The number of hydrogen-bond acceptors (Lipinski definition) is 7. The molecule has 0 amide bonds. The van der Waals surface area contributed by atoms with Gasteiger partial charge in [-0.2, -0.15) is 0 Å². The number of benzene rings is 1. The van der Waals surface area contributed by atoms with E-state index in [0.29, 0.717) is 30.6 Å². The minimum Gasteiger partial charge on any atom is -0.368 e. The zero-order valence-corrected chi connectivity index (χ0v) is 18.0. The van der Waals surface area contributed by atoms with Crippen molar-refractivity contribution < 1.29 is 4.92 Å². The summed E-state index contributed by atoms with van der Waals surface area (Å²) in [5, 5.41) is 12.0. The molecule has 2 saturated heterocycles. The van der Waals surface area contributed by atoms with E-state index in [2.05, 4.69) is 58.7 Å². The molecule has 0 spiro atoms. The molecule has 2 aliphatic heterocycles. The normalized spacial score (nSPS) is 19.8. The summed E-state index contributed by atoms with van der Waals surface area (Å²) in [4.78, 5) is 26.9. The highest BCUT2D eigenvalue weighted by atomic mass is 16.6. The molecule has 30 heavy (non-hydrogen) atoms. The van der Waals surface area contributed by atoms with Crippen LogP contribution >= 0.6 is 0 Å². The Kier molecular flexibility index (Phi) is 5.74. The lowest BCUT2D eigenvalue weighted by Gasteiger charge is -2.37. The van der Waals surface area contributed by atoms with Gasteiger partial charge in [0.25, 0.3) is 0 Å². The molecule has 8 nitrogen and oxygen atoms in total. The van der Waals surface area contributed by atoms with Crippen LogP contribution in [0.2, 0.25) is 0 Å². The van der Waals surface area contributed by atoms with Crippen LogP contribution in [-0.4, -0.2) is 54.2 Å². The van der Waals surface area contributed by atoms with Crippen LogP contribution in [0.4, 0.5) is 23.0 Å². The van der Waals surface area contributed by atoms with Crippen LogP contribution in [0.3, 0.4) is 0 Å². The van der Waals surface area contributed by atoms with Gasteiger partial charge in [-0.25, -0.2) is 9.97 Å². The predicted octanol–water partition coefficient (Wildman–Crippen LogP) is 3.56. The standard InChI is InChI=1S/C22H30N6O2/c1-16-6-5-9-27(14-16)22-20(28(29)30)21(23-15-24-22)26-12-10-25(11-13-26)19-8-4-7-17(2)18(19)3/h4,7-8,15-16H,5-6,9-14H2,1-3H3. The number of hydrogen-bond donors (Lipinski definition) is 0. The van der Waals surface area contributed by atoms with Gasteiger partial charge in [0, 0.05) is 45.0 Å². The topological polar surface area (TPSA) is 78.6 Å². The van der Waals surface area contributed by atoms with Crippen LogP contribution in [0.15, 0.2) is 24.5 Å². The Morgan fingerprint density at radius 2 is 1.67 bits per heavy atom. The second-order valence-electron chi connectivity index (χ2n) is 8.51. The molecule has 1 atom stereocenters. The lowest BCUT2D eigenvalue weighted by Crippen LogP contribution is -2.47. The first-order valence-corrected chi connectivity index (χ1v) is 10.8. The van der Waals surface area contributed by atoms with Crippen molar-refractivity contribution in [2.75, 3.05) is 54.0 Å². The van der Waals surface area contributed by atoms with E-state index >= 15 is 0 Å². The third-order valence-electron chi connectivity index (χ3n) is 6.42. The van der Waals surface area contributed by atoms with Gasteiger partial charge < -0.3 is 14.7 Å². The Labute approximate surface area is 177 Å². The summed E-state index contributed by atoms with van der Waals surface area (Å²) in [6.07, 6.45) is 3.67. The Morgan fingerprint density at radius 3 is 2.33 bits per heavy atom. The predicted molar refractivity (Wildman–Crippen MR) is 120 cm³/mol. The van der Waals surface area contributed by atoms with E-state index in [1.807, 2.05) is 4.90 Å². The summed E-state index contributed by atoms with van der Waals surface area (Å²) in [5.41, 5.74) is 3.86. The summed E-state index contributed by atoms with van der Waals surface area (Å²) in [6.45, 7) is 11.1. The fraction of sp³-hybridized carbons (Fsp3) is 0.545. The van der Waals surface area contributed by atoms with Crippen LogP contribution in [0.1, 0.15) is 30.9 Å². The Bertz CT molecular complexity index is 926. The SMILES string of the molecule is Cc1cccc(N2CCN(c3ncnc(N4CCCC(C)C4)c3[N+](=O)[O-])CC2)c1C. The van der Waals surface area contributed by atoms with E-state index in [-0.39, 0.29) is 10.6 Å². The molecular weight excluding hydrogens is 380 g/mol. The minimum absolute atomic E-state index is 0.0480. The molecule has 0 aliphatic carbocycles. The first-order chi connectivity index (χ1) is 14.5. The van der Waals surface area contributed by atoms with Gasteiger partial charge in [0.1, 0.15) is 6.33 Å². The van der Waals surface area contributed by atoms with E-state index in [9.17, 15) is 10.1 Å². The molecule has 1 aromatic carbocycles. The molecule has 2 fully saturated rings. The first-order valence-electron chi connectivity index (χ1n) is 10.8. The lowest BCUT2D eigenvalue weighted by atomic mass is 10.0. The van der Waals surface area contributed by atoms with Crippen LogP contribution < -0.4 is 14.7 Å². The smallest absolute Gasteiger partial charge is 0.353 e. The average molecular weight is 411 g/mol. The van der Waals surface area contributed by atoms with Crippen molar-refractivity contribution in [2.45, 2.75) is 33.6 Å². The van der Waals surface area contributed by atoms with Gasteiger partial charge in [-0.15, -0.1) is 0 Å². The Morgan fingerprint density at radius 1 is 1.00 bits per heavy atom. The fourth-order valence-electron chi connectivity index (χ4n) is 4.61. The zero-order valence-electron chi connectivity index (χ0n) is 18.0. The summed E-state index contributed by atoms with van der Waals surface area (Å²) in [5.74, 6) is 1.43.